The summed E-state index contributed by atoms with van der Waals surface area (Å²) in [7, 11) is 0. The van der Waals surface area contributed by atoms with Gasteiger partial charge in [-0.1, -0.05) is 54.6 Å². The van der Waals surface area contributed by atoms with Crippen molar-refractivity contribution in [1.82, 2.24) is 0 Å². The first-order valence-corrected chi connectivity index (χ1v) is 7.87. The fourth-order valence-electron chi connectivity index (χ4n) is 3.36. The topological polar surface area (TPSA) is 20.2 Å². The molecule has 100 valence electrons. The maximum atomic E-state index is 10.7. The van der Waals surface area contributed by atoms with Gasteiger partial charge in [0.15, 0.2) is 0 Å². The second-order valence-corrected chi connectivity index (χ2v) is 6.48. The van der Waals surface area contributed by atoms with E-state index >= 15 is 0 Å². The number of aliphatic hydroxyl groups excluding tert-OH is 1. The Labute approximate surface area is 119 Å². The number of aryl methyl sites for hydroxylation is 1. The van der Waals surface area contributed by atoms with E-state index in [4.69, 9.17) is 0 Å². The third-order valence-corrected chi connectivity index (χ3v) is 4.94. The maximum Gasteiger partial charge on any atom is 0.0823 e. The summed E-state index contributed by atoms with van der Waals surface area (Å²) in [6.07, 6.45) is 5.97. The Kier molecular flexibility index (Phi) is 4.85. The monoisotopic (exact) mass is 310 g/mol. The van der Waals surface area contributed by atoms with Crippen LogP contribution in [-0.4, -0.2) is 5.11 Å². The van der Waals surface area contributed by atoms with Gasteiger partial charge in [0, 0.05) is 4.47 Å². The summed E-state index contributed by atoms with van der Waals surface area (Å²) in [6, 6.07) is 6.21. The van der Waals surface area contributed by atoms with E-state index in [1.807, 2.05) is 6.07 Å². The van der Waals surface area contributed by atoms with Crippen LogP contribution in [0.5, 0.6) is 0 Å². The number of benzene rings is 1. The van der Waals surface area contributed by atoms with Gasteiger partial charge in [-0.25, -0.2) is 0 Å². The van der Waals surface area contributed by atoms with Crippen molar-refractivity contribution in [2.45, 2.75) is 52.1 Å². The van der Waals surface area contributed by atoms with Crippen molar-refractivity contribution in [2.75, 3.05) is 0 Å². The van der Waals surface area contributed by atoms with Crippen LogP contribution in [0.2, 0.25) is 0 Å². The zero-order valence-corrected chi connectivity index (χ0v) is 12.9. The molecule has 1 aromatic rings. The second-order valence-electron chi connectivity index (χ2n) is 5.56. The molecule has 1 fully saturated rings. The van der Waals surface area contributed by atoms with E-state index in [-0.39, 0.29) is 6.10 Å². The van der Waals surface area contributed by atoms with Gasteiger partial charge in [-0.2, -0.15) is 0 Å². The van der Waals surface area contributed by atoms with Crippen molar-refractivity contribution in [3.8, 4) is 0 Å². The van der Waals surface area contributed by atoms with Crippen molar-refractivity contribution >= 4 is 15.9 Å². The van der Waals surface area contributed by atoms with Crippen molar-refractivity contribution in [2.24, 2.45) is 11.8 Å². The Bertz CT molecular complexity index is 402. The molecule has 1 nitrogen and oxygen atoms in total. The highest BCUT2D eigenvalue weighted by molar-refractivity contribution is 9.10. The van der Waals surface area contributed by atoms with E-state index in [1.54, 1.807) is 0 Å². The summed E-state index contributed by atoms with van der Waals surface area (Å²) in [5, 5.41) is 10.7. The Morgan fingerprint density at radius 2 is 2.06 bits per heavy atom. The van der Waals surface area contributed by atoms with Crippen LogP contribution in [0.3, 0.4) is 0 Å². The Balaban J connectivity index is 2.20. The molecule has 3 atom stereocenters. The van der Waals surface area contributed by atoms with E-state index < -0.39 is 0 Å². The van der Waals surface area contributed by atoms with E-state index in [2.05, 4.69) is 41.9 Å². The predicted molar refractivity (Wildman–Crippen MR) is 79.6 cm³/mol. The lowest BCUT2D eigenvalue weighted by molar-refractivity contribution is 0.0448. The van der Waals surface area contributed by atoms with Crippen LogP contribution in [0.15, 0.2) is 22.7 Å². The van der Waals surface area contributed by atoms with E-state index in [0.717, 1.165) is 10.0 Å². The largest absolute Gasteiger partial charge is 0.388 e. The van der Waals surface area contributed by atoms with Crippen LogP contribution in [0.1, 0.15) is 56.3 Å². The maximum absolute atomic E-state index is 10.7. The van der Waals surface area contributed by atoms with Gasteiger partial charge in [0.2, 0.25) is 0 Å². The second kappa shape index (κ2) is 6.21. The number of halogens is 1. The molecular formula is C16H23BrO. The Morgan fingerprint density at radius 1 is 1.33 bits per heavy atom. The lowest BCUT2D eigenvalue weighted by Crippen LogP contribution is -2.25. The van der Waals surface area contributed by atoms with Gasteiger partial charge in [-0.3, -0.25) is 0 Å². The molecule has 0 aromatic heterocycles. The SMILES string of the molecule is CCC1CCCCC1C(O)c1ccc(Br)cc1C. The number of hydrogen-bond acceptors (Lipinski definition) is 1. The highest BCUT2D eigenvalue weighted by Gasteiger charge is 2.31. The molecule has 1 saturated carbocycles. The molecule has 2 heteroatoms. The summed E-state index contributed by atoms with van der Waals surface area (Å²) in [4.78, 5) is 0. The Morgan fingerprint density at radius 3 is 2.72 bits per heavy atom. The van der Waals surface area contributed by atoms with Crippen LogP contribution >= 0.6 is 15.9 Å². The molecule has 0 aliphatic heterocycles. The minimum atomic E-state index is -0.289. The molecule has 0 amide bonds. The van der Waals surface area contributed by atoms with Gasteiger partial charge in [0.25, 0.3) is 0 Å². The normalized spacial score (nSPS) is 26.0. The van der Waals surface area contributed by atoms with Gasteiger partial charge in [0.1, 0.15) is 0 Å². The predicted octanol–water partition coefficient (Wildman–Crippen LogP) is 5.01. The lowest BCUT2D eigenvalue weighted by Gasteiger charge is -2.35. The quantitative estimate of drug-likeness (QED) is 0.832. The molecule has 0 saturated heterocycles. The van der Waals surface area contributed by atoms with Crippen molar-refractivity contribution in [3.05, 3.63) is 33.8 Å². The van der Waals surface area contributed by atoms with Crippen LogP contribution < -0.4 is 0 Å². The van der Waals surface area contributed by atoms with Crippen molar-refractivity contribution in [1.29, 1.82) is 0 Å². The fraction of sp³-hybridized carbons (Fsp3) is 0.625. The van der Waals surface area contributed by atoms with Crippen LogP contribution in [0.25, 0.3) is 0 Å². The zero-order valence-electron chi connectivity index (χ0n) is 11.3. The summed E-state index contributed by atoms with van der Waals surface area (Å²) in [5.41, 5.74) is 2.31. The molecule has 0 bridgehead atoms. The molecule has 3 unspecified atom stereocenters. The summed E-state index contributed by atoms with van der Waals surface area (Å²) in [6.45, 7) is 4.34. The van der Waals surface area contributed by atoms with Gasteiger partial charge in [-0.05, 0) is 48.4 Å². The average Bonchev–Trinajstić information content (AvgIpc) is 2.38. The van der Waals surface area contributed by atoms with Crippen molar-refractivity contribution in [3.63, 3.8) is 0 Å². The first kappa shape index (κ1) is 14.1. The standard InChI is InChI=1S/C16H23BrO/c1-3-12-6-4-5-7-15(12)16(18)14-9-8-13(17)10-11(14)2/h8-10,12,15-16,18H,3-7H2,1-2H3. The first-order valence-electron chi connectivity index (χ1n) is 7.07. The van der Waals surface area contributed by atoms with Gasteiger partial charge in [-0.15, -0.1) is 0 Å². The third kappa shape index (κ3) is 2.97. The number of hydrogen-bond donors (Lipinski definition) is 1. The van der Waals surface area contributed by atoms with Gasteiger partial charge < -0.3 is 5.11 Å². The van der Waals surface area contributed by atoms with Gasteiger partial charge >= 0.3 is 0 Å². The summed E-state index contributed by atoms with van der Waals surface area (Å²) in [5.74, 6) is 1.14. The molecule has 0 spiro atoms. The molecule has 2 rings (SSSR count). The average molecular weight is 311 g/mol. The van der Waals surface area contributed by atoms with E-state index in [0.29, 0.717) is 11.8 Å². The fourth-order valence-corrected chi connectivity index (χ4v) is 3.84. The molecule has 0 radical (unpaired) electrons. The Hall–Kier alpha value is -0.340. The number of rotatable bonds is 3. The molecule has 0 heterocycles. The smallest absolute Gasteiger partial charge is 0.0823 e. The highest BCUT2D eigenvalue weighted by Crippen LogP contribution is 2.41. The van der Waals surface area contributed by atoms with Crippen molar-refractivity contribution < 1.29 is 5.11 Å². The molecule has 18 heavy (non-hydrogen) atoms. The first-order chi connectivity index (χ1) is 8.63. The molecule has 1 aromatic carbocycles. The number of aliphatic hydroxyl groups is 1. The van der Waals surface area contributed by atoms with Crippen LogP contribution in [-0.2, 0) is 0 Å². The van der Waals surface area contributed by atoms with E-state index in [1.165, 1.54) is 37.7 Å². The van der Waals surface area contributed by atoms with Crippen LogP contribution in [0.4, 0.5) is 0 Å². The lowest BCUT2D eigenvalue weighted by atomic mass is 9.73. The van der Waals surface area contributed by atoms with Crippen LogP contribution in [0, 0.1) is 18.8 Å². The molecule has 1 N–H and O–H groups in total. The third-order valence-electron chi connectivity index (χ3n) is 4.45. The minimum Gasteiger partial charge on any atom is -0.388 e. The molecule has 1 aliphatic carbocycles. The minimum absolute atomic E-state index is 0.289. The molecular weight excluding hydrogens is 288 g/mol. The molecule has 1 aliphatic rings. The zero-order chi connectivity index (χ0) is 13.1. The van der Waals surface area contributed by atoms with Gasteiger partial charge in [0.05, 0.1) is 6.10 Å². The highest BCUT2D eigenvalue weighted by atomic mass is 79.9. The summed E-state index contributed by atoms with van der Waals surface area (Å²) < 4.78 is 1.09. The summed E-state index contributed by atoms with van der Waals surface area (Å²) >= 11 is 3.49. The van der Waals surface area contributed by atoms with E-state index in [9.17, 15) is 5.11 Å².